The highest BCUT2D eigenvalue weighted by molar-refractivity contribution is 5.48. The average Bonchev–Trinajstić information content (AvgIpc) is 2.38. The summed E-state index contributed by atoms with van der Waals surface area (Å²) in [4.78, 5) is 0. The van der Waals surface area contributed by atoms with Gasteiger partial charge in [0, 0.05) is 0 Å². The zero-order valence-electron chi connectivity index (χ0n) is 11.7. The molecule has 0 amide bonds. The lowest BCUT2D eigenvalue weighted by Gasteiger charge is -2.25. The smallest absolute Gasteiger partial charge is 0.0994 e. The summed E-state index contributed by atoms with van der Waals surface area (Å²) in [5.41, 5.74) is 3.96. The lowest BCUT2D eigenvalue weighted by Crippen LogP contribution is -2.17. The van der Waals surface area contributed by atoms with Gasteiger partial charge in [-0.3, -0.25) is 0 Å². The van der Waals surface area contributed by atoms with Gasteiger partial charge in [-0.05, 0) is 41.0 Å². The van der Waals surface area contributed by atoms with E-state index in [1.54, 1.807) is 0 Å². The minimum atomic E-state index is 0.0437. The maximum atomic E-state index is 9.27. The van der Waals surface area contributed by atoms with Crippen molar-refractivity contribution in [3.63, 3.8) is 0 Å². The quantitative estimate of drug-likeness (QED) is 0.802. The van der Waals surface area contributed by atoms with Crippen molar-refractivity contribution >= 4 is 0 Å². The van der Waals surface area contributed by atoms with E-state index in [9.17, 15) is 5.26 Å². The molecule has 94 valence electrons. The van der Waals surface area contributed by atoms with Crippen molar-refractivity contribution in [2.45, 2.75) is 52.4 Å². The summed E-state index contributed by atoms with van der Waals surface area (Å²) in [5.74, 6) is 0. The Labute approximate surface area is 110 Å². The molecule has 0 aliphatic rings. The molecule has 2 heteroatoms. The number of hydrogen-bond donors (Lipinski definition) is 0. The summed E-state index contributed by atoms with van der Waals surface area (Å²) in [5, 5.41) is 18.2. The molecule has 0 radical (unpaired) electrons. The second kappa shape index (κ2) is 5.69. The van der Waals surface area contributed by atoms with Crippen LogP contribution in [-0.2, 0) is 18.3 Å². The summed E-state index contributed by atoms with van der Waals surface area (Å²) < 4.78 is 0. The normalized spacial score (nSPS) is 10.8. The van der Waals surface area contributed by atoms with Crippen molar-refractivity contribution in [1.82, 2.24) is 0 Å². The molecule has 0 aliphatic carbocycles. The highest BCUT2D eigenvalue weighted by atomic mass is 14.3. The summed E-state index contributed by atoms with van der Waals surface area (Å²) in [7, 11) is 0. The van der Waals surface area contributed by atoms with Gasteiger partial charge in [-0.1, -0.05) is 33.8 Å². The van der Waals surface area contributed by atoms with Crippen molar-refractivity contribution in [3.05, 3.63) is 34.4 Å². The van der Waals surface area contributed by atoms with Gasteiger partial charge < -0.3 is 0 Å². The van der Waals surface area contributed by atoms with Crippen LogP contribution < -0.4 is 0 Å². The van der Waals surface area contributed by atoms with Crippen molar-refractivity contribution in [3.8, 4) is 12.1 Å². The first kappa shape index (κ1) is 14.3. The van der Waals surface area contributed by atoms with Crippen LogP contribution in [0.1, 0.15) is 56.4 Å². The molecule has 0 bridgehead atoms. The SMILES string of the molecule is CCc1c(C#N)cc(C(C)(C)CC)cc1CC#N. The third-order valence-electron chi connectivity index (χ3n) is 3.75. The maximum Gasteiger partial charge on any atom is 0.0994 e. The first-order valence-corrected chi connectivity index (χ1v) is 6.43. The Morgan fingerprint density at radius 2 is 1.83 bits per heavy atom. The van der Waals surface area contributed by atoms with E-state index < -0.39 is 0 Å². The third-order valence-corrected chi connectivity index (χ3v) is 3.75. The molecule has 1 rings (SSSR count). The standard InChI is InChI=1S/C16H20N2/c1-5-15-12(7-8-17)9-14(10-13(15)11-18)16(3,4)6-2/h9-10H,5-7H2,1-4H3. The molecule has 0 heterocycles. The van der Waals surface area contributed by atoms with E-state index in [1.807, 2.05) is 13.0 Å². The van der Waals surface area contributed by atoms with Crippen LogP contribution >= 0.6 is 0 Å². The molecule has 0 aromatic heterocycles. The molecule has 0 aliphatic heterocycles. The van der Waals surface area contributed by atoms with E-state index in [-0.39, 0.29) is 5.41 Å². The Hall–Kier alpha value is -1.80. The fourth-order valence-electron chi connectivity index (χ4n) is 2.09. The maximum absolute atomic E-state index is 9.27. The van der Waals surface area contributed by atoms with Gasteiger partial charge >= 0.3 is 0 Å². The monoisotopic (exact) mass is 240 g/mol. The van der Waals surface area contributed by atoms with Gasteiger partial charge in [0.1, 0.15) is 0 Å². The Morgan fingerprint density at radius 1 is 1.17 bits per heavy atom. The number of rotatable bonds is 4. The molecular formula is C16H20N2. The van der Waals surface area contributed by atoms with Crippen molar-refractivity contribution in [2.75, 3.05) is 0 Å². The van der Waals surface area contributed by atoms with Gasteiger partial charge in [-0.25, -0.2) is 0 Å². The first-order valence-electron chi connectivity index (χ1n) is 6.43. The molecule has 0 atom stereocenters. The molecule has 0 saturated heterocycles. The minimum Gasteiger partial charge on any atom is -0.198 e. The van der Waals surface area contributed by atoms with E-state index in [1.165, 1.54) is 0 Å². The largest absolute Gasteiger partial charge is 0.198 e. The lowest BCUT2D eigenvalue weighted by atomic mass is 9.79. The zero-order chi connectivity index (χ0) is 13.8. The van der Waals surface area contributed by atoms with Gasteiger partial charge in [0.15, 0.2) is 0 Å². The number of benzene rings is 1. The molecule has 0 fully saturated rings. The van der Waals surface area contributed by atoms with Crippen LogP contribution in [0.4, 0.5) is 0 Å². The molecule has 0 spiro atoms. The van der Waals surface area contributed by atoms with E-state index in [0.717, 1.165) is 35.1 Å². The molecular weight excluding hydrogens is 220 g/mol. The van der Waals surface area contributed by atoms with Crippen LogP contribution in [0.25, 0.3) is 0 Å². The first-order chi connectivity index (χ1) is 8.50. The highest BCUT2D eigenvalue weighted by Crippen LogP contribution is 2.30. The predicted molar refractivity (Wildman–Crippen MR) is 73.2 cm³/mol. The van der Waals surface area contributed by atoms with E-state index >= 15 is 0 Å². The predicted octanol–water partition coefficient (Wildman–Crippen LogP) is 3.87. The number of hydrogen-bond acceptors (Lipinski definition) is 2. The molecule has 1 aromatic carbocycles. The molecule has 2 nitrogen and oxygen atoms in total. The average molecular weight is 240 g/mol. The summed E-state index contributed by atoms with van der Waals surface area (Å²) >= 11 is 0. The Kier molecular flexibility index (Phi) is 4.51. The third kappa shape index (κ3) is 2.71. The van der Waals surface area contributed by atoms with Crippen LogP contribution in [0.15, 0.2) is 12.1 Å². The second-order valence-electron chi connectivity index (χ2n) is 5.20. The van der Waals surface area contributed by atoms with Crippen LogP contribution in [0.5, 0.6) is 0 Å². The van der Waals surface area contributed by atoms with E-state index in [4.69, 9.17) is 5.26 Å². The summed E-state index contributed by atoms with van der Waals surface area (Å²) in [6.07, 6.45) is 2.19. The van der Waals surface area contributed by atoms with Crippen molar-refractivity contribution in [2.24, 2.45) is 0 Å². The van der Waals surface area contributed by atoms with E-state index in [0.29, 0.717) is 6.42 Å². The fourth-order valence-corrected chi connectivity index (χ4v) is 2.09. The fraction of sp³-hybridized carbons (Fsp3) is 0.500. The molecule has 0 N–H and O–H groups in total. The minimum absolute atomic E-state index is 0.0437. The van der Waals surface area contributed by atoms with E-state index in [2.05, 4.69) is 39.0 Å². The molecule has 0 saturated carbocycles. The van der Waals surface area contributed by atoms with Crippen molar-refractivity contribution in [1.29, 1.82) is 10.5 Å². The highest BCUT2D eigenvalue weighted by Gasteiger charge is 2.21. The number of nitriles is 2. The molecule has 1 aromatic rings. The van der Waals surface area contributed by atoms with Crippen LogP contribution in [-0.4, -0.2) is 0 Å². The van der Waals surface area contributed by atoms with Crippen LogP contribution in [0, 0.1) is 22.7 Å². The second-order valence-corrected chi connectivity index (χ2v) is 5.20. The van der Waals surface area contributed by atoms with Gasteiger partial charge in [0.25, 0.3) is 0 Å². The lowest BCUT2D eigenvalue weighted by molar-refractivity contribution is 0.505. The Balaban J connectivity index is 3.48. The van der Waals surface area contributed by atoms with Gasteiger partial charge in [-0.15, -0.1) is 0 Å². The summed E-state index contributed by atoms with van der Waals surface area (Å²) in [6.45, 7) is 8.52. The van der Waals surface area contributed by atoms with Crippen molar-refractivity contribution < 1.29 is 0 Å². The Morgan fingerprint density at radius 3 is 2.28 bits per heavy atom. The van der Waals surface area contributed by atoms with Crippen LogP contribution in [0.3, 0.4) is 0 Å². The zero-order valence-corrected chi connectivity index (χ0v) is 11.7. The molecule has 0 unspecified atom stereocenters. The van der Waals surface area contributed by atoms with Gasteiger partial charge in [0.05, 0.1) is 24.1 Å². The topological polar surface area (TPSA) is 47.6 Å². The number of nitrogens with zero attached hydrogens (tertiary/aromatic N) is 2. The van der Waals surface area contributed by atoms with Gasteiger partial charge in [-0.2, -0.15) is 10.5 Å². The van der Waals surface area contributed by atoms with Gasteiger partial charge in [0.2, 0.25) is 0 Å². The summed E-state index contributed by atoms with van der Waals surface area (Å²) in [6, 6.07) is 8.56. The van der Waals surface area contributed by atoms with Crippen LogP contribution in [0.2, 0.25) is 0 Å². The Bertz CT molecular complexity index is 513. The molecule has 18 heavy (non-hydrogen) atoms.